The van der Waals surface area contributed by atoms with E-state index in [1.165, 1.54) is 10.6 Å². The summed E-state index contributed by atoms with van der Waals surface area (Å²) in [4.78, 5) is 15.6. The first kappa shape index (κ1) is 15.9. The van der Waals surface area contributed by atoms with Gasteiger partial charge in [-0.1, -0.05) is 11.3 Å². The Morgan fingerprint density at radius 3 is 2.91 bits per heavy atom. The van der Waals surface area contributed by atoms with Gasteiger partial charge in [0.1, 0.15) is 0 Å². The minimum absolute atomic E-state index is 0.108. The first-order chi connectivity index (χ1) is 11.0. The van der Waals surface area contributed by atoms with Crippen molar-refractivity contribution >= 4 is 31.6 Å². The predicted molar refractivity (Wildman–Crippen MR) is 89.1 cm³/mol. The lowest BCUT2D eigenvalue weighted by Crippen LogP contribution is -2.25. The van der Waals surface area contributed by atoms with Crippen LogP contribution in [0.4, 0.5) is 0 Å². The molecule has 2 aromatic heterocycles. The summed E-state index contributed by atoms with van der Waals surface area (Å²) in [5, 5.41) is 0. The lowest BCUT2D eigenvalue weighted by molar-refractivity contribution is 0.570. The number of nitrogens with one attached hydrogen (secondary N) is 1. The van der Waals surface area contributed by atoms with Gasteiger partial charge in [-0.25, -0.2) is 18.1 Å². The van der Waals surface area contributed by atoms with Crippen LogP contribution in [-0.2, 0) is 23.6 Å². The summed E-state index contributed by atoms with van der Waals surface area (Å²) in [5.41, 5.74) is 0.735. The third-order valence-corrected chi connectivity index (χ3v) is 5.97. The van der Waals surface area contributed by atoms with Crippen molar-refractivity contribution in [3.05, 3.63) is 46.6 Å². The number of hydrogen-bond acceptors (Lipinski definition) is 5. The molecule has 1 aromatic carbocycles. The van der Waals surface area contributed by atoms with Gasteiger partial charge in [-0.15, -0.1) is 0 Å². The molecule has 0 fully saturated rings. The smallest absolute Gasteiger partial charge is 0.307 e. The first-order valence-corrected chi connectivity index (χ1v) is 9.32. The Balaban J connectivity index is 1.70. The summed E-state index contributed by atoms with van der Waals surface area (Å²) in [6.45, 7) is 1.03. The highest BCUT2D eigenvalue weighted by Gasteiger charge is 2.15. The van der Waals surface area contributed by atoms with E-state index in [1.54, 1.807) is 31.7 Å². The number of fused-ring (bicyclic) bond motifs is 1. The fraction of sp³-hybridized carbons (Fsp3) is 0.286. The molecular weight excluding hydrogens is 336 g/mol. The van der Waals surface area contributed by atoms with Gasteiger partial charge in [-0.05, 0) is 24.6 Å². The van der Waals surface area contributed by atoms with E-state index >= 15 is 0 Å². The van der Waals surface area contributed by atoms with Crippen LogP contribution in [0.5, 0.6) is 0 Å². The van der Waals surface area contributed by atoms with E-state index in [-0.39, 0.29) is 9.77 Å². The van der Waals surface area contributed by atoms with Gasteiger partial charge in [0.2, 0.25) is 10.0 Å². The van der Waals surface area contributed by atoms with Gasteiger partial charge in [0.15, 0.2) is 0 Å². The minimum atomic E-state index is -3.58. The zero-order valence-corrected chi connectivity index (χ0v) is 14.1. The van der Waals surface area contributed by atoms with Crippen molar-refractivity contribution in [2.45, 2.75) is 17.9 Å². The standard InChI is InChI=1S/C14H16N4O3S2/c1-17-12-4-3-11(9-13(12)22-14(17)19)23(20,21)16-5-2-7-18-8-6-15-10-18/h3-4,6,8-10,16H,2,5,7H2,1H3. The largest absolute Gasteiger partial charge is 0.337 e. The van der Waals surface area contributed by atoms with Crippen molar-refractivity contribution in [2.75, 3.05) is 6.54 Å². The third kappa shape index (κ3) is 3.36. The molecule has 0 radical (unpaired) electrons. The molecule has 0 unspecified atom stereocenters. The van der Waals surface area contributed by atoms with Crippen LogP contribution in [0.25, 0.3) is 10.2 Å². The Bertz CT molecular complexity index is 971. The van der Waals surface area contributed by atoms with Crippen LogP contribution >= 0.6 is 11.3 Å². The number of sulfonamides is 1. The number of nitrogens with zero attached hydrogens (tertiary/aromatic N) is 3. The fourth-order valence-electron chi connectivity index (χ4n) is 2.25. The van der Waals surface area contributed by atoms with E-state index < -0.39 is 10.0 Å². The Morgan fingerprint density at radius 1 is 1.35 bits per heavy atom. The van der Waals surface area contributed by atoms with Crippen LogP contribution in [-0.4, -0.2) is 29.1 Å². The number of hydrogen-bond donors (Lipinski definition) is 1. The van der Waals surface area contributed by atoms with Crippen molar-refractivity contribution in [2.24, 2.45) is 7.05 Å². The van der Waals surface area contributed by atoms with Crippen LogP contribution in [0.2, 0.25) is 0 Å². The quantitative estimate of drug-likeness (QED) is 0.675. The van der Waals surface area contributed by atoms with Gasteiger partial charge < -0.3 is 9.13 Å². The van der Waals surface area contributed by atoms with E-state index in [0.717, 1.165) is 16.9 Å². The summed E-state index contributed by atoms with van der Waals surface area (Å²) in [5.74, 6) is 0. The van der Waals surface area contributed by atoms with Crippen molar-refractivity contribution in [3.8, 4) is 0 Å². The maximum atomic E-state index is 12.3. The van der Waals surface area contributed by atoms with Gasteiger partial charge in [-0.3, -0.25) is 4.79 Å². The van der Waals surface area contributed by atoms with E-state index in [4.69, 9.17) is 0 Å². The molecule has 3 aromatic rings. The number of rotatable bonds is 6. The summed E-state index contributed by atoms with van der Waals surface area (Å²) in [7, 11) is -1.91. The molecule has 0 spiro atoms. The highest BCUT2D eigenvalue weighted by molar-refractivity contribution is 7.89. The van der Waals surface area contributed by atoms with Gasteiger partial charge in [0.25, 0.3) is 0 Å². The summed E-state index contributed by atoms with van der Waals surface area (Å²) in [6, 6.07) is 4.72. The maximum absolute atomic E-state index is 12.3. The average molecular weight is 352 g/mol. The van der Waals surface area contributed by atoms with E-state index in [2.05, 4.69) is 9.71 Å². The lowest BCUT2D eigenvalue weighted by atomic mass is 10.3. The minimum Gasteiger partial charge on any atom is -0.337 e. The second-order valence-corrected chi connectivity index (χ2v) is 7.87. The summed E-state index contributed by atoms with van der Waals surface area (Å²) < 4.78 is 31.3. The van der Waals surface area contributed by atoms with Crippen LogP contribution in [0.3, 0.4) is 0 Å². The lowest BCUT2D eigenvalue weighted by Gasteiger charge is -2.07. The monoisotopic (exact) mass is 352 g/mol. The van der Waals surface area contributed by atoms with E-state index in [1.807, 2.05) is 10.8 Å². The molecule has 7 nitrogen and oxygen atoms in total. The molecular formula is C14H16N4O3S2. The molecule has 2 heterocycles. The molecule has 0 aliphatic carbocycles. The molecule has 23 heavy (non-hydrogen) atoms. The summed E-state index contributed by atoms with van der Waals surface area (Å²) in [6.07, 6.45) is 5.88. The number of benzene rings is 1. The number of thiazole rings is 1. The highest BCUT2D eigenvalue weighted by atomic mass is 32.2. The zero-order chi connectivity index (χ0) is 16.4. The van der Waals surface area contributed by atoms with Crippen molar-refractivity contribution in [1.29, 1.82) is 0 Å². The normalized spacial score (nSPS) is 12.0. The maximum Gasteiger partial charge on any atom is 0.307 e. The van der Waals surface area contributed by atoms with E-state index in [0.29, 0.717) is 24.2 Å². The van der Waals surface area contributed by atoms with Gasteiger partial charge in [0.05, 0.1) is 21.4 Å². The molecule has 0 aliphatic rings. The van der Waals surface area contributed by atoms with Crippen LogP contribution in [0.1, 0.15) is 6.42 Å². The van der Waals surface area contributed by atoms with Gasteiger partial charge in [-0.2, -0.15) is 0 Å². The molecule has 0 amide bonds. The molecule has 3 rings (SSSR count). The topological polar surface area (TPSA) is 86.0 Å². The van der Waals surface area contributed by atoms with Gasteiger partial charge in [0, 0.05) is 32.5 Å². The van der Waals surface area contributed by atoms with Crippen LogP contribution in [0.15, 0.2) is 46.6 Å². The molecule has 9 heteroatoms. The molecule has 1 N–H and O–H groups in total. The second-order valence-electron chi connectivity index (χ2n) is 5.11. The fourth-order valence-corrected chi connectivity index (χ4v) is 4.35. The third-order valence-electron chi connectivity index (χ3n) is 3.52. The highest BCUT2D eigenvalue weighted by Crippen LogP contribution is 2.20. The molecule has 0 atom stereocenters. The number of aromatic nitrogens is 3. The predicted octanol–water partition coefficient (Wildman–Crippen LogP) is 1.17. The first-order valence-electron chi connectivity index (χ1n) is 7.02. The Labute approximate surface area is 137 Å². The van der Waals surface area contributed by atoms with Crippen LogP contribution < -0.4 is 9.60 Å². The Kier molecular flexibility index (Phi) is 4.33. The molecule has 0 saturated carbocycles. The Morgan fingerprint density at radius 2 is 2.17 bits per heavy atom. The molecule has 0 bridgehead atoms. The van der Waals surface area contributed by atoms with Crippen molar-refractivity contribution in [1.82, 2.24) is 18.8 Å². The molecule has 0 aliphatic heterocycles. The number of imidazole rings is 1. The van der Waals surface area contributed by atoms with Crippen molar-refractivity contribution in [3.63, 3.8) is 0 Å². The molecule has 122 valence electrons. The SMILES string of the molecule is Cn1c(=O)sc2cc(S(=O)(=O)NCCCn3ccnc3)ccc21. The zero-order valence-electron chi connectivity index (χ0n) is 12.5. The van der Waals surface area contributed by atoms with Gasteiger partial charge >= 0.3 is 4.87 Å². The van der Waals surface area contributed by atoms with E-state index in [9.17, 15) is 13.2 Å². The average Bonchev–Trinajstić information content (AvgIpc) is 3.13. The van der Waals surface area contributed by atoms with Crippen LogP contribution in [0, 0.1) is 0 Å². The van der Waals surface area contributed by atoms with Crippen molar-refractivity contribution < 1.29 is 8.42 Å². The Hall–Kier alpha value is -1.97. The summed E-state index contributed by atoms with van der Waals surface area (Å²) >= 11 is 1.04. The molecule has 0 saturated heterocycles. The number of aryl methyl sites for hydroxylation is 2. The second kappa shape index (κ2) is 6.26.